The van der Waals surface area contributed by atoms with E-state index in [9.17, 15) is 4.79 Å². The van der Waals surface area contributed by atoms with E-state index in [1.165, 1.54) is 0 Å². The van der Waals surface area contributed by atoms with Crippen LogP contribution in [0, 0.1) is 0 Å². The maximum atomic E-state index is 10.7. The Kier molecular flexibility index (Phi) is 3.15. The number of carbonyl (C=O) groups is 1. The van der Waals surface area contributed by atoms with E-state index in [0.717, 1.165) is 11.4 Å². The predicted octanol–water partition coefficient (Wildman–Crippen LogP) is 0.860. The lowest BCUT2D eigenvalue weighted by Gasteiger charge is -2.03. The standard InChI is InChI=1S/C8H8NO2.Al.2H/c1-11-8-4-2-7(3-5-8)9-6-10;;;/h2-5H,1H3,(H,9,10);;;. The van der Waals surface area contributed by atoms with Crippen LogP contribution in [0.25, 0.3) is 0 Å². The highest BCUT2D eigenvalue weighted by molar-refractivity contribution is 6.60. The quantitative estimate of drug-likeness (QED) is 0.684. The summed E-state index contributed by atoms with van der Waals surface area (Å²) >= 11 is 0.522. The summed E-state index contributed by atoms with van der Waals surface area (Å²) in [5.74, 6) is 0.793. The molecule has 4 heteroatoms. The van der Waals surface area contributed by atoms with Gasteiger partial charge in [-0.15, -0.1) is 0 Å². The van der Waals surface area contributed by atoms with Gasteiger partial charge in [-0.05, 0) is 24.3 Å². The minimum atomic E-state index is 0.0696. The molecule has 1 amide bonds. The zero-order valence-electron chi connectivity index (χ0n) is 7.13. The lowest BCUT2D eigenvalue weighted by Crippen LogP contribution is -2.07. The Hall–Kier alpha value is -0.978. The molecular weight excluding hydrogens is 169 g/mol. The van der Waals surface area contributed by atoms with Crippen LogP contribution in [0.1, 0.15) is 0 Å². The van der Waals surface area contributed by atoms with Crippen molar-refractivity contribution in [2.24, 2.45) is 0 Å². The van der Waals surface area contributed by atoms with Crippen LogP contribution in [0.2, 0.25) is 0 Å². The third-order valence-corrected chi connectivity index (χ3v) is 1.66. The predicted molar refractivity (Wildman–Crippen MR) is 50.6 cm³/mol. The number of ether oxygens (including phenoxy) is 1. The lowest BCUT2D eigenvalue weighted by molar-refractivity contribution is 0.269. The topological polar surface area (TPSA) is 38.3 Å². The van der Waals surface area contributed by atoms with Gasteiger partial charge in [-0.3, -0.25) is 4.79 Å². The molecule has 3 nitrogen and oxygen atoms in total. The summed E-state index contributed by atoms with van der Waals surface area (Å²) in [5, 5.41) is 2.72. The van der Waals surface area contributed by atoms with Gasteiger partial charge >= 0.3 is 16.3 Å². The van der Waals surface area contributed by atoms with Crippen LogP contribution in [0.15, 0.2) is 24.3 Å². The number of anilines is 1. The van der Waals surface area contributed by atoms with Gasteiger partial charge in [-0.2, -0.15) is 0 Å². The fourth-order valence-corrected chi connectivity index (χ4v) is 1.17. The highest BCUT2D eigenvalue weighted by Gasteiger charge is 1.94. The first-order valence-electron chi connectivity index (χ1n) is 3.64. The molecule has 0 saturated heterocycles. The molecule has 0 atom stereocenters. The first-order valence-corrected chi connectivity index (χ1v) is 4.64. The molecule has 0 aliphatic carbocycles. The number of amides is 1. The Morgan fingerprint density at radius 1 is 1.42 bits per heavy atom. The second-order valence-corrected chi connectivity index (χ2v) is 3.32. The summed E-state index contributed by atoms with van der Waals surface area (Å²) in [6.07, 6.45) is 0. The molecule has 0 aliphatic rings. The minimum absolute atomic E-state index is 0.0696. The number of carbonyl (C=O) groups excluding carboxylic acids is 1. The van der Waals surface area contributed by atoms with Gasteiger partial charge in [0.25, 0.3) is 0 Å². The third-order valence-electron chi connectivity index (χ3n) is 1.41. The van der Waals surface area contributed by atoms with Crippen LogP contribution in [0.3, 0.4) is 0 Å². The molecule has 0 fully saturated rings. The van der Waals surface area contributed by atoms with Crippen molar-refractivity contribution in [2.75, 3.05) is 12.4 Å². The lowest BCUT2D eigenvalue weighted by atomic mass is 10.3. The molecule has 1 aromatic carbocycles. The summed E-state index contributed by atoms with van der Waals surface area (Å²) in [7, 11) is 1.61. The Morgan fingerprint density at radius 3 is 2.42 bits per heavy atom. The molecule has 1 N–H and O–H groups in total. The van der Waals surface area contributed by atoms with Crippen molar-refractivity contribution in [2.45, 2.75) is 0 Å². The van der Waals surface area contributed by atoms with Crippen molar-refractivity contribution >= 4 is 26.7 Å². The minimum Gasteiger partial charge on any atom is -0.497 e. The monoisotopic (exact) mass is 179 g/mol. The van der Waals surface area contributed by atoms with E-state index in [2.05, 4.69) is 5.32 Å². The Labute approximate surface area is 79.1 Å². The van der Waals surface area contributed by atoms with Crippen LogP contribution < -0.4 is 10.1 Å². The maximum Gasteiger partial charge on any atom is 0.355 e. The Morgan fingerprint density at radius 2 is 2.00 bits per heavy atom. The SMILES string of the molecule is COc1ccc(N[C](=O)[AlH2])cc1. The van der Waals surface area contributed by atoms with Crippen molar-refractivity contribution in [3.8, 4) is 5.75 Å². The zero-order chi connectivity index (χ0) is 8.97. The summed E-state index contributed by atoms with van der Waals surface area (Å²) in [4.78, 5) is 10.7. The van der Waals surface area contributed by atoms with E-state index < -0.39 is 0 Å². The smallest absolute Gasteiger partial charge is 0.355 e. The summed E-state index contributed by atoms with van der Waals surface area (Å²) in [6, 6.07) is 7.25. The number of nitrogens with one attached hydrogen (secondary N) is 1. The second-order valence-electron chi connectivity index (χ2n) is 2.41. The number of benzene rings is 1. The Bertz CT molecular complexity index is 271. The van der Waals surface area contributed by atoms with E-state index in [0.29, 0.717) is 16.3 Å². The number of hydrogen-bond acceptors (Lipinski definition) is 2. The van der Waals surface area contributed by atoms with Crippen LogP contribution in [0.4, 0.5) is 10.5 Å². The van der Waals surface area contributed by atoms with Crippen molar-refractivity contribution in [3.63, 3.8) is 0 Å². The first-order chi connectivity index (χ1) is 5.72. The average molecular weight is 179 g/mol. The fourth-order valence-electron chi connectivity index (χ4n) is 0.878. The van der Waals surface area contributed by atoms with E-state index in [1.807, 2.05) is 24.3 Å². The van der Waals surface area contributed by atoms with Crippen molar-refractivity contribution in [1.29, 1.82) is 0 Å². The fraction of sp³-hybridized carbons (Fsp3) is 0.125. The van der Waals surface area contributed by atoms with Gasteiger partial charge in [0.15, 0.2) is 0 Å². The van der Waals surface area contributed by atoms with E-state index in [4.69, 9.17) is 4.74 Å². The summed E-state index contributed by atoms with van der Waals surface area (Å²) in [5.41, 5.74) is 0.816. The Balaban J connectivity index is 2.71. The molecule has 0 saturated carbocycles. The van der Waals surface area contributed by atoms with Crippen molar-refractivity contribution < 1.29 is 9.53 Å². The molecule has 0 radical (unpaired) electrons. The molecule has 0 spiro atoms. The second kappa shape index (κ2) is 4.15. The highest BCUT2D eigenvalue weighted by Crippen LogP contribution is 2.14. The largest absolute Gasteiger partial charge is 0.497 e. The molecule has 0 aromatic heterocycles. The normalized spacial score (nSPS) is 9.08. The molecule has 12 heavy (non-hydrogen) atoms. The first kappa shape index (κ1) is 9.11. The van der Waals surface area contributed by atoms with Gasteiger partial charge in [-0.1, -0.05) is 0 Å². The number of methoxy groups -OCH3 is 1. The highest BCUT2D eigenvalue weighted by atomic mass is 27.0. The summed E-state index contributed by atoms with van der Waals surface area (Å²) in [6.45, 7) is 0. The maximum absolute atomic E-state index is 10.7. The van der Waals surface area contributed by atoms with E-state index >= 15 is 0 Å². The van der Waals surface area contributed by atoms with E-state index in [-0.39, 0.29) is 4.77 Å². The molecule has 0 heterocycles. The third kappa shape index (κ3) is 2.57. The molecule has 0 bridgehead atoms. The average Bonchev–Trinajstić information content (AvgIpc) is 2.05. The molecule has 0 unspecified atom stereocenters. The molecule has 1 rings (SSSR count). The van der Waals surface area contributed by atoms with Gasteiger partial charge in [-0.25, -0.2) is 0 Å². The van der Waals surface area contributed by atoms with Crippen molar-refractivity contribution in [1.82, 2.24) is 0 Å². The van der Waals surface area contributed by atoms with Gasteiger partial charge in [0.1, 0.15) is 10.5 Å². The van der Waals surface area contributed by atoms with Gasteiger partial charge < -0.3 is 10.1 Å². The van der Waals surface area contributed by atoms with Gasteiger partial charge in [0.05, 0.1) is 7.11 Å². The van der Waals surface area contributed by atoms with Crippen LogP contribution in [-0.4, -0.2) is 28.2 Å². The molecule has 0 aliphatic heterocycles. The van der Waals surface area contributed by atoms with Crippen LogP contribution >= 0.6 is 0 Å². The molecular formula is C8H10AlNO2. The van der Waals surface area contributed by atoms with Crippen LogP contribution in [0.5, 0.6) is 5.75 Å². The molecule has 62 valence electrons. The zero-order valence-corrected chi connectivity index (χ0v) is 9.13. The number of hydrogen-bond donors (Lipinski definition) is 1. The van der Waals surface area contributed by atoms with Crippen LogP contribution in [-0.2, 0) is 0 Å². The van der Waals surface area contributed by atoms with Gasteiger partial charge in [0.2, 0.25) is 0 Å². The molecule has 1 aromatic rings. The van der Waals surface area contributed by atoms with Gasteiger partial charge in [0, 0.05) is 5.69 Å². The summed E-state index contributed by atoms with van der Waals surface area (Å²) < 4.78 is 5.04. The van der Waals surface area contributed by atoms with E-state index in [1.54, 1.807) is 7.11 Å². The van der Waals surface area contributed by atoms with Crippen molar-refractivity contribution in [3.05, 3.63) is 24.3 Å². The number of rotatable bonds is 2.